The molecule has 1 atom stereocenters. The van der Waals surface area contributed by atoms with Crippen molar-refractivity contribution in [3.05, 3.63) is 35.4 Å². The SMILES string of the molecule is CCc1cccc(C2(O)CSCCC2(C)C)c1. The van der Waals surface area contributed by atoms with Crippen LogP contribution in [0.2, 0.25) is 0 Å². The van der Waals surface area contributed by atoms with Gasteiger partial charge in [-0.05, 0) is 35.1 Å². The first-order valence-electron chi connectivity index (χ1n) is 6.39. The van der Waals surface area contributed by atoms with Crippen molar-refractivity contribution in [1.29, 1.82) is 0 Å². The third-order valence-corrected chi connectivity index (χ3v) is 5.23. The van der Waals surface area contributed by atoms with Crippen LogP contribution >= 0.6 is 11.8 Å². The summed E-state index contributed by atoms with van der Waals surface area (Å²) in [7, 11) is 0. The first-order valence-corrected chi connectivity index (χ1v) is 7.54. The van der Waals surface area contributed by atoms with Gasteiger partial charge in [0.05, 0.1) is 0 Å². The number of aryl methyl sites for hydroxylation is 1. The summed E-state index contributed by atoms with van der Waals surface area (Å²) < 4.78 is 0. The Labute approximate surface area is 109 Å². The van der Waals surface area contributed by atoms with E-state index < -0.39 is 5.60 Å². The van der Waals surface area contributed by atoms with E-state index in [1.807, 2.05) is 11.8 Å². The molecule has 17 heavy (non-hydrogen) atoms. The number of hydrogen-bond acceptors (Lipinski definition) is 2. The van der Waals surface area contributed by atoms with E-state index in [2.05, 4.69) is 45.0 Å². The molecule has 2 heteroatoms. The average molecular weight is 250 g/mol. The molecule has 0 amide bonds. The molecule has 1 aromatic rings. The van der Waals surface area contributed by atoms with Crippen LogP contribution in [0.1, 0.15) is 38.3 Å². The molecule has 1 aliphatic heterocycles. The normalized spacial score (nSPS) is 28.0. The Morgan fingerprint density at radius 2 is 2.12 bits per heavy atom. The first kappa shape index (κ1) is 13.0. The monoisotopic (exact) mass is 250 g/mol. The highest BCUT2D eigenvalue weighted by Gasteiger charge is 2.46. The van der Waals surface area contributed by atoms with Crippen molar-refractivity contribution in [3.63, 3.8) is 0 Å². The summed E-state index contributed by atoms with van der Waals surface area (Å²) >= 11 is 1.86. The topological polar surface area (TPSA) is 20.2 Å². The van der Waals surface area contributed by atoms with Crippen LogP contribution in [0.25, 0.3) is 0 Å². The summed E-state index contributed by atoms with van der Waals surface area (Å²) in [5.74, 6) is 1.97. The minimum Gasteiger partial charge on any atom is -0.384 e. The number of hydrogen-bond donors (Lipinski definition) is 1. The number of thioether (sulfide) groups is 1. The molecule has 1 aliphatic rings. The molecule has 0 aromatic heterocycles. The minimum absolute atomic E-state index is 0.0371. The van der Waals surface area contributed by atoms with Crippen molar-refractivity contribution < 1.29 is 5.11 Å². The summed E-state index contributed by atoms with van der Waals surface area (Å²) in [6, 6.07) is 8.46. The highest BCUT2D eigenvalue weighted by Crippen LogP contribution is 2.48. The molecular weight excluding hydrogens is 228 g/mol. The molecule has 1 aromatic carbocycles. The molecule has 1 N–H and O–H groups in total. The molecule has 0 spiro atoms. The highest BCUT2D eigenvalue weighted by atomic mass is 32.2. The molecule has 0 saturated carbocycles. The molecule has 94 valence electrons. The Bertz CT molecular complexity index is 400. The van der Waals surface area contributed by atoms with Crippen molar-refractivity contribution in [2.24, 2.45) is 5.41 Å². The van der Waals surface area contributed by atoms with Crippen molar-refractivity contribution in [1.82, 2.24) is 0 Å². The quantitative estimate of drug-likeness (QED) is 0.865. The standard InChI is InChI=1S/C15H22OS/c1-4-12-6-5-7-13(10-12)15(16)11-17-9-8-14(15,2)3/h5-7,10,16H,4,8-9,11H2,1-3H3. The summed E-state index contributed by atoms with van der Waals surface area (Å²) in [6.45, 7) is 6.53. The van der Waals surface area contributed by atoms with E-state index in [4.69, 9.17) is 0 Å². The molecule has 1 nitrogen and oxygen atoms in total. The van der Waals surface area contributed by atoms with Gasteiger partial charge in [0.15, 0.2) is 0 Å². The Balaban J connectivity index is 2.41. The predicted octanol–water partition coefficient (Wildman–Crippen LogP) is 3.60. The number of rotatable bonds is 2. The molecule has 0 aliphatic carbocycles. The fourth-order valence-electron chi connectivity index (χ4n) is 2.47. The summed E-state index contributed by atoms with van der Waals surface area (Å²) in [5.41, 5.74) is 1.68. The van der Waals surface area contributed by atoms with Crippen LogP contribution in [0.15, 0.2) is 24.3 Å². The second-order valence-electron chi connectivity index (χ2n) is 5.60. The summed E-state index contributed by atoms with van der Waals surface area (Å²) in [5, 5.41) is 11.1. The van der Waals surface area contributed by atoms with Gasteiger partial charge in [0, 0.05) is 5.75 Å². The van der Waals surface area contributed by atoms with Gasteiger partial charge in [0.25, 0.3) is 0 Å². The van der Waals surface area contributed by atoms with Gasteiger partial charge in [-0.2, -0.15) is 11.8 Å². The van der Waals surface area contributed by atoms with Gasteiger partial charge in [0.2, 0.25) is 0 Å². The van der Waals surface area contributed by atoms with Crippen LogP contribution < -0.4 is 0 Å². The van der Waals surface area contributed by atoms with E-state index in [0.29, 0.717) is 0 Å². The van der Waals surface area contributed by atoms with Crippen molar-refractivity contribution in [2.45, 2.75) is 39.2 Å². The van der Waals surface area contributed by atoms with Crippen LogP contribution in [0.3, 0.4) is 0 Å². The zero-order chi connectivity index (χ0) is 12.5. The Hall–Kier alpha value is -0.470. The molecule has 1 heterocycles. The van der Waals surface area contributed by atoms with Gasteiger partial charge in [-0.1, -0.05) is 45.0 Å². The Kier molecular flexibility index (Phi) is 3.55. The van der Waals surface area contributed by atoms with Crippen molar-refractivity contribution in [3.8, 4) is 0 Å². The second kappa shape index (κ2) is 4.66. The van der Waals surface area contributed by atoms with Crippen LogP contribution in [0.5, 0.6) is 0 Å². The van der Waals surface area contributed by atoms with Crippen LogP contribution in [-0.4, -0.2) is 16.6 Å². The lowest BCUT2D eigenvalue weighted by molar-refractivity contribution is -0.0579. The smallest absolute Gasteiger partial charge is 0.104 e. The first-order chi connectivity index (χ1) is 7.99. The summed E-state index contributed by atoms with van der Waals surface area (Å²) in [6.07, 6.45) is 2.10. The summed E-state index contributed by atoms with van der Waals surface area (Å²) in [4.78, 5) is 0. The lowest BCUT2D eigenvalue weighted by Crippen LogP contribution is -2.47. The zero-order valence-corrected chi connectivity index (χ0v) is 11.8. The van der Waals surface area contributed by atoms with Gasteiger partial charge < -0.3 is 5.11 Å². The fourth-order valence-corrected chi connectivity index (χ4v) is 4.12. The number of benzene rings is 1. The largest absolute Gasteiger partial charge is 0.384 e. The van der Waals surface area contributed by atoms with E-state index in [1.54, 1.807) is 0 Å². The van der Waals surface area contributed by atoms with Crippen molar-refractivity contribution in [2.75, 3.05) is 11.5 Å². The third-order valence-electron chi connectivity index (χ3n) is 4.11. The van der Waals surface area contributed by atoms with Gasteiger partial charge in [0.1, 0.15) is 5.60 Å². The van der Waals surface area contributed by atoms with Crippen LogP contribution in [-0.2, 0) is 12.0 Å². The average Bonchev–Trinajstić information content (AvgIpc) is 2.33. The predicted molar refractivity (Wildman–Crippen MR) is 75.4 cm³/mol. The van der Waals surface area contributed by atoms with Gasteiger partial charge in [-0.3, -0.25) is 0 Å². The van der Waals surface area contributed by atoms with E-state index in [9.17, 15) is 5.11 Å². The van der Waals surface area contributed by atoms with Crippen LogP contribution in [0, 0.1) is 5.41 Å². The molecule has 1 fully saturated rings. The Morgan fingerprint density at radius 3 is 2.76 bits per heavy atom. The highest BCUT2D eigenvalue weighted by molar-refractivity contribution is 7.99. The van der Waals surface area contributed by atoms with Gasteiger partial charge in [-0.25, -0.2) is 0 Å². The van der Waals surface area contributed by atoms with Gasteiger partial charge >= 0.3 is 0 Å². The zero-order valence-electron chi connectivity index (χ0n) is 11.0. The van der Waals surface area contributed by atoms with Gasteiger partial charge in [-0.15, -0.1) is 0 Å². The molecule has 0 radical (unpaired) electrons. The maximum absolute atomic E-state index is 11.1. The molecule has 0 bridgehead atoms. The second-order valence-corrected chi connectivity index (χ2v) is 6.71. The van der Waals surface area contributed by atoms with E-state index in [1.165, 1.54) is 5.56 Å². The van der Waals surface area contributed by atoms with Crippen LogP contribution in [0.4, 0.5) is 0 Å². The lowest BCUT2D eigenvalue weighted by Gasteiger charge is -2.46. The molecule has 2 rings (SSSR count). The van der Waals surface area contributed by atoms with E-state index in [0.717, 1.165) is 29.9 Å². The van der Waals surface area contributed by atoms with Crippen molar-refractivity contribution >= 4 is 11.8 Å². The minimum atomic E-state index is -0.679. The molecule has 1 unspecified atom stereocenters. The third kappa shape index (κ3) is 2.25. The molecule has 1 saturated heterocycles. The maximum atomic E-state index is 11.1. The Morgan fingerprint density at radius 1 is 1.35 bits per heavy atom. The molecular formula is C15H22OS. The fraction of sp³-hybridized carbons (Fsp3) is 0.600. The lowest BCUT2D eigenvalue weighted by atomic mass is 9.69. The van der Waals surface area contributed by atoms with E-state index >= 15 is 0 Å². The van der Waals surface area contributed by atoms with E-state index in [-0.39, 0.29) is 5.41 Å². The maximum Gasteiger partial charge on any atom is 0.104 e. The number of aliphatic hydroxyl groups is 1.